The topological polar surface area (TPSA) is 94.2 Å². The van der Waals surface area contributed by atoms with Crippen LogP contribution in [0.1, 0.15) is 10.4 Å². The summed E-state index contributed by atoms with van der Waals surface area (Å²) in [6, 6.07) is 2.93. The van der Waals surface area contributed by atoms with Crippen molar-refractivity contribution in [3.63, 3.8) is 0 Å². The third kappa shape index (κ3) is 5.12. The van der Waals surface area contributed by atoms with Gasteiger partial charge in [0.25, 0.3) is 5.91 Å². The van der Waals surface area contributed by atoms with Crippen molar-refractivity contribution in [2.24, 2.45) is 0 Å². The van der Waals surface area contributed by atoms with E-state index in [0.29, 0.717) is 16.0 Å². The maximum Gasteiger partial charge on any atom is 0.338 e. The van der Waals surface area contributed by atoms with Gasteiger partial charge in [-0.1, -0.05) is 0 Å². The summed E-state index contributed by atoms with van der Waals surface area (Å²) in [5.74, 6) is -0.739. The number of nitrogens with zero attached hydrogens (tertiary/aromatic N) is 1. The first kappa shape index (κ1) is 19.8. The number of halogens is 1. The zero-order chi connectivity index (χ0) is 18.3. The Bertz CT molecular complexity index is 609. The molecule has 1 rings (SSSR count). The highest BCUT2D eigenvalue weighted by Crippen LogP contribution is 2.35. The van der Waals surface area contributed by atoms with Crippen LogP contribution in [0.4, 0.5) is 0 Å². The van der Waals surface area contributed by atoms with Crippen molar-refractivity contribution < 1.29 is 28.6 Å². The van der Waals surface area contributed by atoms with E-state index in [1.165, 1.54) is 40.4 Å². The molecule has 0 unspecified atom stereocenters. The molecular formula is C15H19BrN2O6. The van der Waals surface area contributed by atoms with Gasteiger partial charge >= 0.3 is 5.97 Å². The van der Waals surface area contributed by atoms with Gasteiger partial charge in [-0.2, -0.15) is 0 Å². The minimum Gasteiger partial charge on any atom is -0.495 e. The summed E-state index contributed by atoms with van der Waals surface area (Å²) in [6.07, 6.45) is 0. The fourth-order valence-corrected chi connectivity index (χ4v) is 2.24. The molecule has 132 valence electrons. The summed E-state index contributed by atoms with van der Waals surface area (Å²) < 4.78 is 15.8. The summed E-state index contributed by atoms with van der Waals surface area (Å²) in [6.45, 7) is -0.597. The Hall–Kier alpha value is -2.29. The van der Waals surface area contributed by atoms with Crippen molar-refractivity contribution in [2.75, 3.05) is 41.5 Å². The number of hydrogen-bond donors (Lipinski definition) is 1. The molecule has 8 nitrogen and oxygen atoms in total. The normalized spacial score (nSPS) is 9.88. The molecule has 9 heteroatoms. The molecule has 0 aliphatic carbocycles. The van der Waals surface area contributed by atoms with Crippen molar-refractivity contribution in [1.29, 1.82) is 0 Å². The van der Waals surface area contributed by atoms with E-state index in [-0.39, 0.29) is 18.0 Å². The smallest absolute Gasteiger partial charge is 0.338 e. The Morgan fingerprint density at radius 1 is 1.17 bits per heavy atom. The van der Waals surface area contributed by atoms with Crippen molar-refractivity contribution >= 4 is 33.7 Å². The molecule has 0 aliphatic rings. The molecule has 0 fully saturated rings. The van der Waals surface area contributed by atoms with Crippen molar-refractivity contribution in [3.05, 3.63) is 22.2 Å². The maximum absolute atomic E-state index is 12.1. The largest absolute Gasteiger partial charge is 0.495 e. The van der Waals surface area contributed by atoms with E-state index in [1.54, 1.807) is 0 Å². The second-order valence-electron chi connectivity index (χ2n) is 4.69. The van der Waals surface area contributed by atoms with Crippen LogP contribution < -0.4 is 14.8 Å². The monoisotopic (exact) mass is 402 g/mol. The molecule has 1 N–H and O–H groups in total. The average molecular weight is 403 g/mol. The molecule has 2 amide bonds. The number of carbonyl (C=O) groups is 3. The van der Waals surface area contributed by atoms with Crippen LogP contribution in [-0.2, 0) is 14.3 Å². The van der Waals surface area contributed by atoms with E-state index in [1.807, 2.05) is 0 Å². The van der Waals surface area contributed by atoms with Crippen LogP contribution in [0.2, 0.25) is 0 Å². The van der Waals surface area contributed by atoms with Gasteiger partial charge in [-0.15, -0.1) is 0 Å². The third-order valence-corrected chi connectivity index (χ3v) is 3.88. The van der Waals surface area contributed by atoms with Gasteiger partial charge in [-0.25, -0.2) is 4.79 Å². The van der Waals surface area contributed by atoms with Crippen LogP contribution in [-0.4, -0.2) is 64.2 Å². The van der Waals surface area contributed by atoms with E-state index in [0.717, 1.165) is 4.90 Å². The highest BCUT2D eigenvalue weighted by molar-refractivity contribution is 9.10. The lowest BCUT2D eigenvalue weighted by molar-refractivity contribution is -0.137. The third-order valence-electron chi connectivity index (χ3n) is 3.09. The van der Waals surface area contributed by atoms with Crippen LogP contribution in [0.25, 0.3) is 0 Å². The summed E-state index contributed by atoms with van der Waals surface area (Å²) in [7, 11) is 5.81. The number of esters is 1. The first-order valence-corrected chi connectivity index (χ1v) is 7.66. The number of methoxy groups -OCH3 is 2. The Kier molecular flexibility index (Phi) is 7.50. The van der Waals surface area contributed by atoms with E-state index in [9.17, 15) is 14.4 Å². The Labute approximate surface area is 148 Å². The number of likely N-dealkylation sites (N-methyl/N-ethyl adjacent to an activating group) is 2. The van der Waals surface area contributed by atoms with Gasteiger partial charge in [0.15, 0.2) is 6.61 Å². The van der Waals surface area contributed by atoms with Gasteiger partial charge in [0, 0.05) is 14.1 Å². The van der Waals surface area contributed by atoms with Crippen molar-refractivity contribution in [3.8, 4) is 11.5 Å². The second kappa shape index (κ2) is 9.11. The number of benzene rings is 1. The highest BCUT2D eigenvalue weighted by atomic mass is 79.9. The van der Waals surface area contributed by atoms with Crippen LogP contribution in [0.5, 0.6) is 11.5 Å². The van der Waals surface area contributed by atoms with Gasteiger partial charge in [-0.3, -0.25) is 9.59 Å². The van der Waals surface area contributed by atoms with Crippen LogP contribution >= 0.6 is 15.9 Å². The van der Waals surface area contributed by atoms with Crippen molar-refractivity contribution in [2.45, 2.75) is 0 Å². The number of amides is 2. The molecule has 0 atom stereocenters. The van der Waals surface area contributed by atoms with E-state index in [4.69, 9.17) is 14.2 Å². The SMILES string of the molecule is CNC(=O)CN(C)C(=O)COC(=O)c1cc(OC)c(Br)c(OC)c1. The van der Waals surface area contributed by atoms with E-state index < -0.39 is 18.5 Å². The van der Waals surface area contributed by atoms with Crippen LogP contribution in [0.15, 0.2) is 16.6 Å². The van der Waals surface area contributed by atoms with E-state index in [2.05, 4.69) is 21.2 Å². The summed E-state index contributed by atoms with van der Waals surface area (Å²) >= 11 is 3.30. The quantitative estimate of drug-likeness (QED) is 0.678. The highest BCUT2D eigenvalue weighted by Gasteiger charge is 2.18. The number of hydrogen-bond acceptors (Lipinski definition) is 6. The lowest BCUT2D eigenvalue weighted by atomic mass is 10.2. The molecule has 0 heterocycles. The molecule has 1 aromatic rings. The zero-order valence-electron chi connectivity index (χ0n) is 13.8. The van der Waals surface area contributed by atoms with E-state index >= 15 is 0 Å². The Morgan fingerprint density at radius 3 is 2.17 bits per heavy atom. The summed E-state index contributed by atoms with van der Waals surface area (Å²) in [5.41, 5.74) is 0.175. The number of carbonyl (C=O) groups excluding carboxylic acids is 3. The molecule has 0 saturated heterocycles. The molecule has 0 radical (unpaired) electrons. The molecule has 1 aromatic carbocycles. The van der Waals surface area contributed by atoms with Gasteiger partial charge in [0.1, 0.15) is 16.0 Å². The first-order chi connectivity index (χ1) is 11.3. The lowest BCUT2D eigenvalue weighted by Gasteiger charge is -2.16. The summed E-state index contributed by atoms with van der Waals surface area (Å²) in [5, 5.41) is 2.40. The molecule has 0 saturated carbocycles. The van der Waals surface area contributed by atoms with Crippen LogP contribution in [0, 0.1) is 0 Å². The molecular weight excluding hydrogens is 384 g/mol. The molecule has 24 heavy (non-hydrogen) atoms. The van der Waals surface area contributed by atoms with Gasteiger partial charge in [0.2, 0.25) is 5.91 Å². The maximum atomic E-state index is 12.1. The lowest BCUT2D eigenvalue weighted by Crippen LogP contribution is -2.39. The van der Waals surface area contributed by atoms with Gasteiger partial charge < -0.3 is 24.4 Å². The molecule has 0 aliphatic heterocycles. The predicted octanol–water partition coefficient (Wildman–Crippen LogP) is 0.828. The Morgan fingerprint density at radius 2 is 1.71 bits per heavy atom. The second-order valence-corrected chi connectivity index (χ2v) is 5.49. The Balaban J connectivity index is 2.75. The minimum atomic E-state index is -0.708. The minimum absolute atomic E-state index is 0.118. The zero-order valence-corrected chi connectivity index (χ0v) is 15.4. The first-order valence-electron chi connectivity index (χ1n) is 6.87. The van der Waals surface area contributed by atoms with Crippen molar-refractivity contribution in [1.82, 2.24) is 10.2 Å². The predicted molar refractivity (Wildman–Crippen MR) is 89.2 cm³/mol. The number of nitrogens with one attached hydrogen (secondary N) is 1. The number of ether oxygens (including phenoxy) is 3. The van der Waals surface area contributed by atoms with Crippen LogP contribution in [0.3, 0.4) is 0 Å². The van der Waals surface area contributed by atoms with Gasteiger partial charge in [0.05, 0.1) is 26.3 Å². The average Bonchev–Trinajstić information content (AvgIpc) is 2.59. The standard InChI is InChI=1S/C15H19BrN2O6/c1-17-12(19)7-18(2)13(20)8-24-15(21)9-5-10(22-3)14(16)11(6-9)23-4/h5-6H,7-8H2,1-4H3,(H,17,19). The van der Waals surface area contributed by atoms with Gasteiger partial charge in [-0.05, 0) is 28.1 Å². The summed E-state index contributed by atoms with van der Waals surface area (Å²) in [4.78, 5) is 36.3. The molecule has 0 spiro atoms. The molecule has 0 aromatic heterocycles. The fourth-order valence-electron chi connectivity index (χ4n) is 1.69. The molecule has 0 bridgehead atoms. The fraction of sp³-hybridized carbons (Fsp3) is 0.400. The number of rotatable bonds is 7.